The fraction of sp³-hybridized carbons (Fsp3) is 0.500. The van der Waals surface area contributed by atoms with Gasteiger partial charge in [0, 0.05) is 24.2 Å². The Morgan fingerprint density at radius 1 is 0.606 bits per heavy atom. The van der Waals surface area contributed by atoms with E-state index in [1.807, 2.05) is 49.9 Å². The van der Waals surface area contributed by atoms with Crippen molar-refractivity contribution in [3.05, 3.63) is 95.8 Å². The molecule has 2 aliphatic carbocycles. The van der Waals surface area contributed by atoms with Gasteiger partial charge in [-0.1, -0.05) is 108 Å². The number of rotatable bonds is 14. The Bertz CT molecular complexity index is 2650. The molecule has 15 nitrogen and oxygen atoms in total. The second-order valence-corrected chi connectivity index (χ2v) is 21.5. The van der Waals surface area contributed by atoms with E-state index in [9.17, 15) is 19.2 Å². The molecule has 71 heavy (non-hydrogen) atoms. The second-order valence-electron chi connectivity index (χ2n) is 21.5. The molecule has 6 aliphatic rings. The number of hydrogen-bond donors (Lipinski definition) is 5. The van der Waals surface area contributed by atoms with E-state index < -0.39 is 24.3 Å². The molecule has 4 aliphatic heterocycles. The summed E-state index contributed by atoms with van der Waals surface area (Å²) in [6, 6.07) is 21.3. The SMILES string of the molecule is CCC(C)C(NC(=O)OC)C(=O)N1C(c2ncc(-c3ccc(-c4ccc(-c5ccc(-c6cnc(C7CC8CC8N7C(=O)C(NC(=O)OC)C(C)CC)[nH]6)cc5)c5c4C4CC(C)CC5N4)cc3)[nH]2)CC2CC21. The maximum atomic E-state index is 14.1. The van der Waals surface area contributed by atoms with Crippen molar-refractivity contribution in [3.8, 4) is 44.8 Å². The fourth-order valence-electron chi connectivity index (χ4n) is 12.6. The lowest BCUT2D eigenvalue weighted by Crippen LogP contribution is -2.52. The van der Waals surface area contributed by atoms with Crippen LogP contribution in [-0.4, -0.2) is 92.1 Å². The van der Waals surface area contributed by atoms with Crippen molar-refractivity contribution in [3.63, 3.8) is 0 Å². The first kappa shape index (κ1) is 46.9. The quantitative estimate of drug-likeness (QED) is 0.0722. The van der Waals surface area contributed by atoms with Crippen LogP contribution in [-0.2, 0) is 19.1 Å². The summed E-state index contributed by atoms with van der Waals surface area (Å²) in [6.45, 7) is 10.4. The average Bonchev–Trinajstić information content (AvgIpc) is 3.88. The van der Waals surface area contributed by atoms with Crippen molar-refractivity contribution >= 4 is 24.0 Å². The Balaban J connectivity index is 0.821. The molecule has 2 bridgehead atoms. The van der Waals surface area contributed by atoms with Gasteiger partial charge in [0.1, 0.15) is 23.7 Å². The molecule has 5 N–H and O–H groups in total. The smallest absolute Gasteiger partial charge is 0.407 e. The van der Waals surface area contributed by atoms with Crippen LogP contribution in [0.2, 0.25) is 0 Å². The number of alkyl carbamates (subject to hydrolysis) is 2. The monoisotopic (exact) mass is 962 g/mol. The number of aromatic nitrogens is 4. The third kappa shape index (κ3) is 8.47. The number of likely N-dealkylation sites (tertiary alicyclic amines) is 2. The van der Waals surface area contributed by atoms with E-state index in [1.165, 1.54) is 47.6 Å². The summed E-state index contributed by atoms with van der Waals surface area (Å²) in [6.07, 6.45) is 9.88. The summed E-state index contributed by atoms with van der Waals surface area (Å²) in [5.74, 6) is 2.79. The van der Waals surface area contributed by atoms with Crippen molar-refractivity contribution in [2.45, 2.75) is 134 Å². The number of H-pyrrole nitrogens is 2. The Kier molecular flexibility index (Phi) is 12.3. The largest absolute Gasteiger partial charge is 0.453 e. The molecular formula is C56H67N9O6. The Morgan fingerprint density at radius 2 is 1.00 bits per heavy atom. The van der Waals surface area contributed by atoms with Crippen LogP contribution in [0.15, 0.2) is 73.1 Å². The fourth-order valence-corrected chi connectivity index (χ4v) is 12.6. The zero-order chi connectivity index (χ0) is 49.4. The number of fused-ring (bicyclic) bond motifs is 7. The molecule has 0 spiro atoms. The van der Waals surface area contributed by atoms with E-state index >= 15 is 0 Å². The van der Waals surface area contributed by atoms with Crippen LogP contribution >= 0.6 is 0 Å². The zero-order valence-corrected chi connectivity index (χ0v) is 41.8. The molecular weight excluding hydrogens is 895 g/mol. The Hall–Kier alpha value is -6.48. The van der Waals surface area contributed by atoms with Gasteiger partial charge in [-0.3, -0.25) is 9.59 Å². The predicted molar refractivity (Wildman–Crippen MR) is 269 cm³/mol. The predicted octanol–water partition coefficient (Wildman–Crippen LogP) is 9.78. The molecule has 6 heterocycles. The number of carbonyl (C=O) groups is 4. The highest BCUT2D eigenvalue weighted by Gasteiger charge is 2.57. The lowest BCUT2D eigenvalue weighted by molar-refractivity contribution is -0.137. The number of benzene rings is 3. The van der Waals surface area contributed by atoms with E-state index in [0.29, 0.717) is 17.8 Å². The third-order valence-electron chi connectivity index (χ3n) is 17.1. The summed E-state index contributed by atoms with van der Waals surface area (Å²) in [7, 11) is 2.65. The number of amides is 4. The van der Waals surface area contributed by atoms with E-state index in [1.54, 1.807) is 0 Å². The maximum absolute atomic E-state index is 14.1. The van der Waals surface area contributed by atoms with E-state index in [2.05, 4.69) is 93.5 Å². The van der Waals surface area contributed by atoms with E-state index in [4.69, 9.17) is 19.4 Å². The third-order valence-corrected chi connectivity index (χ3v) is 17.1. The number of imidazole rings is 2. The highest BCUT2D eigenvalue weighted by atomic mass is 16.5. The number of methoxy groups -OCH3 is 2. The minimum atomic E-state index is -0.665. The first-order valence-electron chi connectivity index (χ1n) is 25.9. The molecule has 5 fully saturated rings. The van der Waals surface area contributed by atoms with Gasteiger partial charge in [0.15, 0.2) is 0 Å². The summed E-state index contributed by atoms with van der Waals surface area (Å²) in [5.41, 5.74) is 11.5. The van der Waals surface area contributed by atoms with Crippen LogP contribution in [0.3, 0.4) is 0 Å². The van der Waals surface area contributed by atoms with Gasteiger partial charge in [0.25, 0.3) is 0 Å². The minimum absolute atomic E-state index is 0.0486. The number of nitrogens with zero attached hydrogens (tertiary/aromatic N) is 4. The molecule has 2 saturated carbocycles. The first-order valence-corrected chi connectivity index (χ1v) is 25.9. The molecule has 4 amide bonds. The lowest BCUT2D eigenvalue weighted by Gasteiger charge is -2.32. The lowest BCUT2D eigenvalue weighted by atomic mass is 9.86. The van der Waals surface area contributed by atoms with Crippen molar-refractivity contribution in [2.75, 3.05) is 14.2 Å². The molecule has 12 unspecified atom stereocenters. The first-order chi connectivity index (χ1) is 34.4. The molecule has 0 radical (unpaired) electrons. The average molecular weight is 962 g/mol. The molecule has 12 atom stereocenters. The van der Waals surface area contributed by atoms with Crippen LogP contribution in [0, 0.1) is 29.6 Å². The molecule has 5 aromatic rings. The molecule has 15 heteroatoms. The van der Waals surface area contributed by atoms with Gasteiger partial charge in [0.2, 0.25) is 11.8 Å². The summed E-state index contributed by atoms with van der Waals surface area (Å²) in [5, 5.41) is 9.63. The van der Waals surface area contributed by atoms with Gasteiger partial charge < -0.3 is 45.2 Å². The van der Waals surface area contributed by atoms with Crippen LogP contribution in [0.1, 0.15) is 133 Å². The van der Waals surface area contributed by atoms with E-state index in [-0.39, 0.29) is 59.9 Å². The highest BCUT2D eigenvalue weighted by molar-refractivity contribution is 5.88. The number of nitrogens with one attached hydrogen (secondary N) is 5. The molecule has 372 valence electrons. The molecule has 3 aromatic carbocycles. The number of hydrogen-bond acceptors (Lipinski definition) is 9. The number of piperidine rings is 3. The van der Waals surface area contributed by atoms with Crippen molar-refractivity contribution in [2.24, 2.45) is 29.6 Å². The van der Waals surface area contributed by atoms with Crippen molar-refractivity contribution in [1.82, 2.24) is 45.7 Å². The topological polar surface area (TPSA) is 187 Å². The number of carbonyl (C=O) groups excluding carboxylic acids is 4. The van der Waals surface area contributed by atoms with Gasteiger partial charge in [-0.2, -0.15) is 0 Å². The van der Waals surface area contributed by atoms with Crippen LogP contribution in [0.5, 0.6) is 0 Å². The maximum Gasteiger partial charge on any atom is 0.407 e. The normalized spacial score (nSPS) is 27.2. The molecule has 3 saturated heterocycles. The highest BCUT2D eigenvalue weighted by Crippen LogP contribution is 2.56. The van der Waals surface area contributed by atoms with Crippen LogP contribution in [0.25, 0.3) is 44.8 Å². The summed E-state index contributed by atoms with van der Waals surface area (Å²) < 4.78 is 9.78. The van der Waals surface area contributed by atoms with Gasteiger partial charge in [-0.15, -0.1) is 0 Å². The van der Waals surface area contributed by atoms with Gasteiger partial charge >= 0.3 is 12.2 Å². The van der Waals surface area contributed by atoms with Crippen LogP contribution in [0.4, 0.5) is 9.59 Å². The summed E-state index contributed by atoms with van der Waals surface area (Å²) >= 11 is 0. The summed E-state index contributed by atoms with van der Waals surface area (Å²) in [4.78, 5) is 73.6. The van der Waals surface area contributed by atoms with Crippen LogP contribution < -0.4 is 16.0 Å². The second kappa shape index (κ2) is 18.6. The van der Waals surface area contributed by atoms with Gasteiger partial charge in [0.05, 0.1) is 50.1 Å². The Morgan fingerprint density at radius 3 is 1.38 bits per heavy atom. The van der Waals surface area contributed by atoms with Gasteiger partial charge in [-0.05, 0) is 113 Å². The van der Waals surface area contributed by atoms with Gasteiger partial charge in [-0.25, -0.2) is 19.6 Å². The number of aromatic amines is 2. The van der Waals surface area contributed by atoms with Crippen molar-refractivity contribution < 1.29 is 28.7 Å². The van der Waals surface area contributed by atoms with E-state index in [0.717, 1.165) is 85.5 Å². The minimum Gasteiger partial charge on any atom is -0.453 e. The standard InChI is InChI=1S/C56H67N9O6/c1-8-29(4)49(62-55(68)70-6)53(66)64-43-22-35(43)24-45(64)51-57-26-41(60-51)33-14-10-31(11-15-33)37-18-19-38(48-40-21-28(3)20-39(59-40)47(37)48)32-12-16-34(17-13-32)42-27-58-52(61-42)46-25-36-23-44(36)65(46)54(67)50(30(5)9-2)63-56(69)71-7/h10-19,26-30,35-36,39-40,43-46,49-50,59H,8-9,20-25H2,1-7H3,(H,57,60)(H,58,61)(H,62,68)(H,63,69). The molecule has 11 rings (SSSR count). The molecule has 2 aromatic heterocycles. The number of ether oxygens (including phenoxy) is 2. The Labute approximate surface area is 415 Å². The zero-order valence-electron chi connectivity index (χ0n) is 41.8. The van der Waals surface area contributed by atoms with Crippen molar-refractivity contribution in [1.29, 1.82) is 0 Å².